The zero-order valence-electron chi connectivity index (χ0n) is 18.9. The summed E-state index contributed by atoms with van der Waals surface area (Å²) >= 11 is 0. The second-order valence-corrected chi connectivity index (χ2v) is 9.68. The number of carbonyl (C=O) groups excluding carboxylic acids is 2. The normalized spacial score (nSPS) is 10.9. The topological polar surface area (TPSA) is 88.1 Å². The van der Waals surface area contributed by atoms with Crippen molar-refractivity contribution in [3.8, 4) is 23.0 Å². The summed E-state index contributed by atoms with van der Waals surface area (Å²) in [5, 5.41) is 0. The fourth-order valence-electron chi connectivity index (χ4n) is 3.56. The van der Waals surface area contributed by atoms with Crippen LogP contribution < -0.4 is 18.9 Å². The fourth-order valence-corrected chi connectivity index (χ4v) is 5.92. The van der Waals surface area contributed by atoms with Crippen molar-refractivity contribution in [3.63, 3.8) is 0 Å². The Morgan fingerprint density at radius 2 is 0.970 bits per heavy atom. The number of methoxy groups -OCH3 is 4. The Morgan fingerprint density at radius 1 is 0.606 bits per heavy atom. The van der Waals surface area contributed by atoms with Crippen LogP contribution in [0.25, 0.3) is 0 Å². The Hall–Kier alpha value is -3.57. The quantitative estimate of drug-likeness (QED) is 0.375. The lowest BCUT2D eigenvalue weighted by atomic mass is 10.2. The van der Waals surface area contributed by atoms with Gasteiger partial charge in [-0.25, -0.2) is 0 Å². The van der Waals surface area contributed by atoms with E-state index >= 15 is 0 Å². The van der Waals surface area contributed by atoms with Crippen LogP contribution in [0.2, 0.25) is 0 Å². The second kappa shape index (κ2) is 10.4. The monoisotopic (exact) mass is 468 g/mol. The smallest absolute Gasteiger partial charge is 0.236 e. The van der Waals surface area contributed by atoms with Crippen molar-refractivity contribution >= 4 is 18.2 Å². The molecule has 33 heavy (non-hydrogen) atoms. The molecule has 0 aliphatic carbocycles. The van der Waals surface area contributed by atoms with Crippen molar-refractivity contribution in [2.75, 3.05) is 28.4 Å². The molecule has 0 aliphatic rings. The summed E-state index contributed by atoms with van der Waals surface area (Å²) in [6, 6.07) is 18.2. The lowest BCUT2D eigenvalue weighted by Gasteiger charge is -2.21. The predicted molar refractivity (Wildman–Crippen MR) is 126 cm³/mol. The number of ether oxygens (including phenoxy) is 4. The van der Waals surface area contributed by atoms with Crippen LogP contribution in [0.15, 0.2) is 66.7 Å². The highest BCUT2D eigenvalue weighted by molar-refractivity contribution is 7.94. The van der Waals surface area contributed by atoms with Gasteiger partial charge in [0.1, 0.15) is 34.1 Å². The minimum absolute atomic E-state index is 0.0519. The molecule has 172 valence electrons. The maximum absolute atomic E-state index is 14.5. The molecule has 0 atom stereocenters. The zero-order chi connectivity index (χ0) is 24.0. The van der Waals surface area contributed by atoms with Crippen molar-refractivity contribution in [2.45, 2.75) is 6.16 Å². The van der Waals surface area contributed by atoms with E-state index in [1.54, 1.807) is 66.7 Å². The molecule has 7 nitrogen and oxygen atoms in total. The first-order valence-corrected chi connectivity index (χ1v) is 11.9. The maximum atomic E-state index is 14.5. The molecule has 0 N–H and O–H groups in total. The van der Waals surface area contributed by atoms with Gasteiger partial charge in [-0.1, -0.05) is 42.5 Å². The number of carbonyl (C=O) groups is 2. The van der Waals surface area contributed by atoms with Crippen molar-refractivity contribution in [1.29, 1.82) is 0 Å². The standard InChI is InChI=1S/C25H25O7P/c1-29-18-12-8-13-19(30-2)22(18)24(26)33(28,16-17-10-6-5-7-11-17)25(27)23-20(31-3)14-9-15-21(23)32-4/h5-15H,16H2,1-4H3. The van der Waals surface area contributed by atoms with Crippen LogP contribution in [-0.2, 0) is 10.7 Å². The summed E-state index contributed by atoms with van der Waals surface area (Å²) in [5.41, 5.74) is -1.25. The van der Waals surface area contributed by atoms with Crippen LogP contribution in [-0.4, -0.2) is 39.5 Å². The van der Waals surface area contributed by atoms with Gasteiger partial charge >= 0.3 is 0 Å². The van der Waals surface area contributed by atoms with E-state index < -0.39 is 18.2 Å². The Labute approximate surface area is 192 Å². The van der Waals surface area contributed by atoms with Gasteiger partial charge < -0.3 is 23.5 Å². The highest BCUT2D eigenvalue weighted by Gasteiger charge is 2.45. The molecule has 3 rings (SSSR count). The minimum Gasteiger partial charge on any atom is -0.496 e. The SMILES string of the molecule is COc1cccc(OC)c1C(=O)P(=O)(Cc1ccccc1)C(=O)c1c(OC)cccc1OC. The summed E-state index contributed by atoms with van der Waals surface area (Å²) in [4.78, 5) is 27.8. The molecule has 0 bridgehead atoms. The summed E-state index contributed by atoms with van der Waals surface area (Å²) in [6.07, 6.45) is -0.284. The number of rotatable bonds is 10. The average Bonchev–Trinajstić information content (AvgIpc) is 2.86. The Morgan fingerprint density at radius 3 is 1.30 bits per heavy atom. The molecule has 0 spiro atoms. The van der Waals surface area contributed by atoms with Crippen LogP contribution in [0.1, 0.15) is 26.3 Å². The van der Waals surface area contributed by atoms with Gasteiger partial charge in [0.25, 0.3) is 0 Å². The van der Waals surface area contributed by atoms with Gasteiger partial charge in [0, 0.05) is 6.16 Å². The van der Waals surface area contributed by atoms with Crippen molar-refractivity contribution in [3.05, 3.63) is 83.4 Å². The van der Waals surface area contributed by atoms with Crippen LogP contribution in [0.5, 0.6) is 23.0 Å². The van der Waals surface area contributed by atoms with E-state index in [9.17, 15) is 14.2 Å². The largest absolute Gasteiger partial charge is 0.496 e. The van der Waals surface area contributed by atoms with E-state index in [-0.39, 0.29) is 40.3 Å². The van der Waals surface area contributed by atoms with E-state index in [0.717, 1.165) is 0 Å². The van der Waals surface area contributed by atoms with Gasteiger partial charge in [-0.15, -0.1) is 0 Å². The van der Waals surface area contributed by atoms with Crippen molar-refractivity contribution < 1.29 is 33.1 Å². The third kappa shape index (κ3) is 4.64. The predicted octanol–water partition coefficient (Wildman–Crippen LogP) is 5.26. The molecular weight excluding hydrogens is 443 g/mol. The van der Waals surface area contributed by atoms with Crippen LogP contribution in [0.4, 0.5) is 0 Å². The third-order valence-corrected chi connectivity index (χ3v) is 7.76. The van der Waals surface area contributed by atoms with Gasteiger partial charge in [-0.05, 0) is 29.8 Å². The van der Waals surface area contributed by atoms with E-state index in [1.807, 2.05) is 0 Å². The van der Waals surface area contributed by atoms with Gasteiger partial charge in [-0.3, -0.25) is 9.59 Å². The van der Waals surface area contributed by atoms with Crippen molar-refractivity contribution in [2.24, 2.45) is 0 Å². The summed E-state index contributed by atoms with van der Waals surface area (Å²) < 4.78 is 35.9. The molecule has 0 saturated heterocycles. The van der Waals surface area contributed by atoms with Gasteiger partial charge in [-0.2, -0.15) is 0 Å². The minimum atomic E-state index is -4.33. The zero-order valence-corrected chi connectivity index (χ0v) is 19.8. The molecule has 0 fully saturated rings. The van der Waals surface area contributed by atoms with Gasteiger partial charge in [0.2, 0.25) is 18.2 Å². The average molecular weight is 468 g/mol. The molecule has 0 radical (unpaired) electrons. The molecule has 3 aromatic rings. The first-order valence-electron chi connectivity index (χ1n) is 10.1. The highest BCUT2D eigenvalue weighted by atomic mass is 31.2. The Kier molecular flexibility index (Phi) is 7.56. The molecule has 0 heterocycles. The molecule has 8 heteroatoms. The van der Waals surface area contributed by atoms with Gasteiger partial charge in [0.15, 0.2) is 0 Å². The van der Waals surface area contributed by atoms with Gasteiger partial charge in [0.05, 0.1) is 28.4 Å². The Bertz CT molecular complexity index is 1090. The first-order chi connectivity index (χ1) is 15.9. The highest BCUT2D eigenvalue weighted by Crippen LogP contribution is 2.58. The molecule has 0 amide bonds. The molecule has 3 aromatic carbocycles. The maximum Gasteiger partial charge on any atom is 0.236 e. The number of hydrogen-bond acceptors (Lipinski definition) is 7. The van der Waals surface area contributed by atoms with E-state index in [0.29, 0.717) is 5.56 Å². The summed E-state index contributed by atoms with van der Waals surface area (Å²) in [7, 11) is 1.23. The third-order valence-electron chi connectivity index (χ3n) is 5.19. The number of hydrogen-bond donors (Lipinski definition) is 0. The van der Waals surface area contributed by atoms with E-state index in [4.69, 9.17) is 18.9 Å². The lowest BCUT2D eigenvalue weighted by Crippen LogP contribution is -2.16. The molecule has 0 aliphatic heterocycles. The fraction of sp³-hybridized carbons (Fsp3) is 0.200. The molecular formula is C25H25O7P. The second-order valence-electron chi connectivity index (χ2n) is 7.07. The first kappa shape index (κ1) is 24.1. The Balaban J connectivity index is 2.27. The summed E-state index contributed by atoms with van der Waals surface area (Å²) in [5.74, 6) is 0.639. The van der Waals surface area contributed by atoms with E-state index in [2.05, 4.69) is 0 Å². The van der Waals surface area contributed by atoms with Crippen molar-refractivity contribution in [1.82, 2.24) is 0 Å². The van der Waals surface area contributed by atoms with E-state index in [1.165, 1.54) is 28.4 Å². The van der Waals surface area contributed by atoms with Crippen LogP contribution in [0.3, 0.4) is 0 Å². The molecule has 0 unspecified atom stereocenters. The molecule has 0 saturated carbocycles. The van der Waals surface area contributed by atoms with Crippen LogP contribution >= 0.6 is 7.14 Å². The summed E-state index contributed by atoms with van der Waals surface area (Å²) in [6.45, 7) is 0. The lowest BCUT2D eigenvalue weighted by molar-refractivity contribution is 0.103. The van der Waals surface area contributed by atoms with Crippen LogP contribution in [0, 0.1) is 0 Å². The number of benzene rings is 3. The molecule has 0 aromatic heterocycles.